The third kappa shape index (κ3) is 13.6. The lowest BCUT2D eigenvalue weighted by atomic mass is 10.0. The number of nitrogens with zero attached hydrogens (tertiary/aromatic N) is 1. The van der Waals surface area contributed by atoms with Crippen molar-refractivity contribution in [2.75, 3.05) is 32.8 Å². The highest BCUT2D eigenvalue weighted by Gasteiger charge is 2.05. The van der Waals surface area contributed by atoms with Crippen LogP contribution in [-0.4, -0.2) is 48.8 Å². The maximum absolute atomic E-state index is 10.1. The SMILES string of the molecule is CC(C)CCCCCC(=O)O.CCN1CCOCC1. The van der Waals surface area contributed by atoms with E-state index in [0.717, 1.165) is 45.1 Å². The number of unbranched alkanes of at least 4 members (excludes halogenated alkanes) is 2. The van der Waals surface area contributed by atoms with Gasteiger partial charge in [-0.05, 0) is 18.9 Å². The molecule has 0 aliphatic carbocycles. The summed E-state index contributed by atoms with van der Waals surface area (Å²) >= 11 is 0. The van der Waals surface area contributed by atoms with Crippen LogP contribution < -0.4 is 0 Å². The largest absolute Gasteiger partial charge is 0.481 e. The van der Waals surface area contributed by atoms with Crippen LogP contribution in [0.3, 0.4) is 0 Å². The van der Waals surface area contributed by atoms with Crippen molar-refractivity contribution in [2.45, 2.75) is 52.9 Å². The van der Waals surface area contributed by atoms with Crippen LogP contribution in [0.25, 0.3) is 0 Å². The number of aliphatic carboxylic acids is 1. The first-order chi connectivity index (χ1) is 9.06. The Morgan fingerprint density at radius 1 is 1.21 bits per heavy atom. The van der Waals surface area contributed by atoms with Gasteiger partial charge in [-0.25, -0.2) is 0 Å². The van der Waals surface area contributed by atoms with E-state index in [1.807, 2.05) is 0 Å². The average Bonchev–Trinajstić information content (AvgIpc) is 2.39. The molecule has 0 atom stereocenters. The van der Waals surface area contributed by atoms with E-state index in [-0.39, 0.29) is 0 Å². The quantitative estimate of drug-likeness (QED) is 0.724. The molecule has 0 bridgehead atoms. The zero-order valence-corrected chi connectivity index (χ0v) is 12.9. The second-order valence-corrected chi connectivity index (χ2v) is 5.43. The van der Waals surface area contributed by atoms with E-state index in [0.29, 0.717) is 6.42 Å². The third-order valence-electron chi connectivity index (χ3n) is 3.22. The Kier molecular flexibility index (Phi) is 12.0. The number of carboxylic acid groups (broad SMARTS) is 1. The molecule has 0 spiro atoms. The summed E-state index contributed by atoms with van der Waals surface area (Å²) < 4.78 is 5.16. The van der Waals surface area contributed by atoms with Crippen molar-refractivity contribution in [2.24, 2.45) is 5.92 Å². The van der Waals surface area contributed by atoms with Gasteiger partial charge in [-0.2, -0.15) is 0 Å². The first-order valence-electron chi connectivity index (χ1n) is 7.58. The first kappa shape index (κ1) is 18.4. The van der Waals surface area contributed by atoms with E-state index in [1.54, 1.807) is 0 Å². The zero-order valence-electron chi connectivity index (χ0n) is 12.9. The molecule has 0 unspecified atom stereocenters. The summed E-state index contributed by atoms with van der Waals surface area (Å²) in [4.78, 5) is 12.5. The number of likely N-dealkylation sites (N-methyl/N-ethyl adjacent to an activating group) is 1. The summed E-state index contributed by atoms with van der Waals surface area (Å²) in [6, 6.07) is 0. The van der Waals surface area contributed by atoms with Crippen molar-refractivity contribution in [1.29, 1.82) is 0 Å². The number of carboxylic acids is 1. The molecule has 1 N–H and O–H groups in total. The van der Waals surface area contributed by atoms with Crippen LogP contribution in [0.15, 0.2) is 0 Å². The van der Waals surface area contributed by atoms with Gasteiger partial charge in [-0.15, -0.1) is 0 Å². The lowest BCUT2D eigenvalue weighted by Gasteiger charge is -2.24. The van der Waals surface area contributed by atoms with Crippen LogP contribution in [0, 0.1) is 5.92 Å². The predicted molar refractivity (Wildman–Crippen MR) is 78.5 cm³/mol. The Balaban J connectivity index is 0.000000356. The van der Waals surface area contributed by atoms with Gasteiger partial charge in [0, 0.05) is 19.5 Å². The average molecular weight is 273 g/mol. The van der Waals surface area contributed by atoms with Crippen molar-refractivity contribution in [1.82, 2.24) is 4.90 Å². The second-order valence-electron chi connectivity index (χ2n) is 5.43. The lowest BCUT2D eigenvalue weighted by Crippen LogP contribution is -2.35. The number of carbonyl (C=O) groups is 1. The molecule has 0 aromatic heterocycles. The molecule has 1 fully saturated rings. The molecular formula is C15H31NO3. The van der Waals surface area contributed by atoms with Crippen molar-refractivity contribution >= 4 is 5.97 Å². The van der Waals surface area contributed by atoms with Crippen molar-refractivity contribution < 1.29 is 14.6 Å². The third-order valence-corrected chi connectivity index (χ3v) is 3.22. The molecule has 1 aliphatic rings. The number of hydrogen-bond donors (Lipinski definition) is 1. The summed E-state index contributed by atoms with van der Waals surface area (Å²) in [5.74, 6) is 0.0781. The minimum atomic E-state index is -0.672. The summed E-state index contributed by atoms with van der Waals surface area (Å²) in [5.41, 5.74) is 0. The highest BCUT2D eigenvalue weighted by atomic mass is 16.5. The molecule has 114 valence electrons. The van der Waals surface area contributed by atoms with Crippen LogP contribution in [0.1, 0.15) is 52.9 Å². The number of ether oxygens (including phenoxy) is 1. The molecule has 1 heterocycles. The Morgan fingerprint density at radius 2 is 1.84 bits per heavy atom. The van der Waals surface area contributed by atoms with E-state index in [1.165, 1.54) is 19.4 Å². The fraction of sp³-hybridized carbons (Fsp3) is 0.933. The summed E-state index contributed by atoms with van der Waals surface area (Å²) in [6.45, 7) is 11.8. The van der Waals surface area contributed by atoms with E-state index in [4.69, 9.17) is 9.84 Å². The smallest absolute Gasteiger partial charge is 0.303 e. The van der Waals surface area contributed by atoms with Crippen LogP contribution in [-0.2, 0) is 9.53 Å². The van der Waals surface area contributed by atoms with E-state index < -0.39 is 5.97 Å². The number of morpholine rings is 1. The normalized spacial score (nSPS) is 16.0. The molecule has 1 saturated heterocycles. The Morgan fingerprint density at radius 3 is 2.26 bits per heavy atom. The Bertz CT molecular complexity index is 213. The van der Waals surface area contributed by atoms with Gasteiger partial charge in [0.25, 0.3) is 0 Å². The predicted octanol–water partition coefficient (Wildman–Crippen LogP) is 3.02. The first-order valence-corrected chi connectivity index (χ1v) is 7.58. The van der Waals surface area contributed by atoms with Gasteiger partial charge < -0.3 is 9.84 Å². The maximum atomic E-state index is 10.1. The van der Waals surface area contributed by atoms with E-state index in [9.17, 15) is 4.79 Å². The molecule has 1 rings (SSSR count). The Hall–Kier alpha value is -0.610. The lowest BCUT2D eigenvalue weighted by molar-refractivity contribution is -0.137. The maximum Gasteiger partial charge on any atom is 0.303 e. The minimum Gasteiger partial charge on any atom is -0.481 e. The molecular weight excluding hydrogens is 242 g/mol. The van der Waals surface area contributed by atoms with Gasteiger partial charge in [0.05, 0.1) is 13.2 Å². The summed E-state index contributed by atoms with van der Waals surface area (Å²) in [5, 5.41) is 8.32. The fourth-order valence-corrected chi connectivity index (χ4v) is 1.92. The summed E-state index contributed by atoms with van der Waals surface area (Å²) in [7, 11) is 0. The second kappa shape index (κ2) is 12.4. The van der Waals surface area contributed by atoms with E-state index >= 15 is 0 Å². The van der Waals surface area contributed by atoms with Crippen molar-refractivity contribution in [3.63, 3.8) is 0 Å². The van der Waals surface area contributed by atoms with Gasteiger partial charge in [0.1, 0.15) is 0 Å². The van der Waals surface area contributed by atoms with Crippen molar-refractivity contribution in [3.05, 3.63) is 0 Å². The molecule has 0 aromatic carbocycles. The van der Waals surface area contributed by atoms with Crippen LogP contribution >= 0.6 is 0 Å². The highest BCUT2D eigenvalue weighted by Crippen LogP contribution is 2.08. The molecule has 0 radical (unpaired) electrons. The summed E-state index contributed by atoms with van der Waals surface area (Å²) in [6.07, 6.45) is 4.62. The molecule has 0 amide bonds. The van der Waals surface area contributed by atoms with Gasteiger partial charge in [0.15, 0.2) is 0 Å². The van der Waals surface area contributed by atoms with Crippen LogP contribution in [0.4, 0.5) is 0 Å². The topological polar surface area (TPSA) is 49.8 Å². The van der Waals surface area contributed by atoms with Gasteiger partial charge in [-0.3, -0.25) is 9.69 Å². The van der Waals surface area contributed by atoms with Crippen LogP contribution in [0.5, 0.6) is 0 Å². The molecule has 0 aromatic rings. The molecule has 4 heteroatoms. The molecule has 19 heavy (non-hydrogen) atoms. The molecule has 0 saturated carbocycles. The highest BCUT2D eigenvalue weighted by molar-refractivity contribution is 5.66. The van der Waals surface area contributed by atoms with Gasteiger partial charge in [-0.1, -0.05) is 40.0 Å². The number of hydrogen-bond acceptors (Lipinski definition) is 3. The zero-order chi connectivity index (χ0) is 14.5. The van der Waals surface area contributed by atoms with Gasteiger partial charge in [0.2, 0.25) is 0 Å². The monoisotopic (exact) mass is 273 g/mol. The standard InChI is InChI=1S/C9H18O2.C6H13NO/c1-8(2)6-4-3-5-7-9(10)11;1-2-7-3-5-8-6-4-7/h8H,3-7H2,1-2H3,(H,10,11);2-6H2,1H3. The minimum absolute atomic E-state index is 0.331. The van der Waals surface area contributed by atoms with Crippen molar-refractivity contribution in [3.8, 4) is 0 Å². The van der Waals surface area contributed by atoms with E-state index in [2.05, 4.69) is 25.7 Å². The molecule has 4 nitrogen and oxygen atoms in total. The fourth-order valence-electron chi connectivity index (χ4n) is 1.92. The number of rotatable bonds is 7. The van der Waals surface area contributed by atoms with Crippen LogP contribution in [0.2, 0.25) is 0 Å². The molecule has 1 aliphatic heterocycles. The van der Waals surface area contributed by atoms with Gasteiger partial charge >= 0.3 is 5.97 Å². The Labute approximate surface area is 118 Å².